The Morgan fingerprint density at radius 1 is 0.396 bits per heavy atom. The van der Waals surface area contributed by atoms with Crippen molar-refractivity contribution in [3.63, 3.8) is 0 Å². The zero-order chi connectivity index (χ0) is 33.8. The smallest absolute Gasteiger partial charge is 0.0134 e. The molecule has 5 heteroatoms. The first-order chi connectivity index (χ1) is 23.7. The Bertz CT molecular complexity index is 1400. The van der Waals surface area contributed by atoms with Gasteiger partial charge in [-0.05, 0) is 80.3 Å². The molecule has 7 rings (SSSR count). The number of hydrogen-bond acceptors (Lipinski definition) is 1. The maximum Gasteiger partial charge on any atom is -0.0134 e. The molecule has 0 bridgehead atoms. The van der Waals surface area contributed by atoms with Crippen molar-refractivity contribution in [3.05, 3.63) is 214 Å². The maximum absolute atomic E-state index is 10.5. The fourth-order valence-electron chi connectivity index (χ4n) is 4.97. The second kappa shape index (κ2) is 21.7. The number of carbonyl (C=O) groups is 1. The minimum Gasteiger partial charge on any atom is -0.0622 e. The van der Waals surface area contributed by atoms with Gasteiger partial charge in [-0.3, -0.25) is 4.79 Å². The average molecular weight is 768 g/mol. The second-order valence-electron chi connectivity index (χ2n) is 10.4. The average Bonchev–Trinajstić information content (AvgIpc) is 3.72. The van der Waals surface area contributed by atoms with E-state index in [1.807, 2.05) is 43.0 Å². The van der Waals surface area contributed by atoms with Crippen molar-refractivity contribution in [3.8, 4) is 0 Å². The summed E-state index contributed by atoms with van der Waals surface area (Å²) in [6.45, 7) is 1.56. The Hall–Kier alpha value is -3.24. The Balaban J connectivity index is 0.000000170. The van der Waals surface area contributed by atoms with Gasteiger partial charge in [0.05, 0.1) is 0 Å². The maximum atomic E-state index is 10.5. The van der Waals surface area contributed by atoms with Crippen LogP contribution in [0.4, 0.5) is 0 Å². The van der Waals surface area contributed by atoms with Gasteiger partial charge in [-0.15, -0.1) is 0 Å². The van der Waals surface area contributed by atoms with E-state index in [-0.39, 0.29) is 5.78 Å². The van der Waals surface area contributed by atoms with Crippen LogP contribution in [0.1, 0.15) is 6.92 Å². The van der Waals surface area contributed by atoms with Gasteiger partial charge in [0, 0.05) is 5.92 Å². The van der Waals surface area contributed by atoms with Crippen LogP contribution in [-0.4, -0.2) is 5.78 Å². The van der Waals surface area contributed by atoms with E-state index in [0.717, 1.165) is 5.92 Å². The molecule has 1 nitrogen and oxygen atoms in total. The first-order valence-electron chi connectivity index (χ1n) is 15.5. The van der Waals surface area contributed by atoms with Crippen LogP contribution in [0.5, 0.6) is 0 Å². The molecule has 0 aliphatic heterocycles. The largest absolute Gasteiger partial charge is 0.0622 e. The molecule has 0 saturated heterocycles. The van der Waals surface area contributed by atoms with Crippen LogP contribution in [0.25, 0.3) is 0 Å². The molecular weight excluding hydrogens is 731 g/mol. The number of Topliss-reactive ketones (excluding diaryl/α,β-unsaturated/α-hetero) is 1. The molecule has 6 aromatic rings. The Kier molecular flexibility index (Phi) is 17.0. The van der Waals surface area contributed by atoms with Crippen molar-refractivity contribution < 1.29 is 22.1 Å². The van der Waals surface area contributed by atoms with Gasteiger partial charge in [0.25, 0.3) is 0 Å². The standard InChI is InChI=1S/2C18H15P.C7H7O.ClH.Ru/c2*1-4-10-16(11-5-1)19(17-12-6-2-7-13-17)18-14-8-3-9-15-18;1-6(8)7-4-2-3-5-7;;/h2*1-15H;2-5H,1H3;1H;/q;;;;+2/p-1. The SMILES string of the molecule is CC(=O)[C]1[CH][CH][CH][CH]1.[Cl][Ru+].c1ccc(P(c2ccccc2)c2ccccc2)cc1.c1ccc(P(c2ccccc2)c2ccccc2)cc1. The normalized spacial score (nSPS) is 12.1. The van der Waals surface area contributed by atoms with Crippen molar-refractivity contribution in [1.29, 1.82) is 0 Å². The van der Waals surface area contributed by atoms with Gasteiger partial charge in [0.2, 0.25) is 0 Å². The predicted molar refractivity (Wildman–Crippen MR) is 207 cm³/mol. The second-order valence-corrected chi connectivity index (χ2v) is 14.9. The third-order valence-electron chi connectivity index (χ3n) is 7.16. The zero-order valence-electron chi connectivity index (χ0n) is 26.7. The van der Waals surface area contributed by atoms with Crippen LogP contribution in [0.2, 0.25) is 0 Å². The van der Waals surface area contributed by atoms with Crippen molar-refractivity contribution in [1.82, 2.24) is 0 Å². The number of rotatable bonds is 7. The van der Waals surface area contributed by atoms with Crippen LogP contribution in [0.3, 0.4) is 0 Å². The molecule has 0 heterocycles. The number of hydrogen-bond donors (Lipinski definition) is 0. The van der Waals surface area contributed by atoms with Crippen LogP contribution >= 0.6 is 25.5 Å². The van der Waals surface area contributed by atoms with Crippen molar-refractivity contribution in [2.24, 2.45) is 0 Å². The van der Waals surface area contributed by atoms with E-state index in [1.165, 1.54) is 31.8 Å². The summed E-state index contributed by atoms with van der Waals surface area (Å²) in [4.78, 5) is 10.5. The third-order valence-corrected chi connectivity index (χ3v) is 12.0. The number of ketones is 1. The summed E-state index contributed by atoms with van der Waals surface area (Å²) in [5.74, 6) is 0.931. The molecule has 1 aliphatic carbocycles. The topological polar surface area (TPSA) is 17.1 Å². The molecule has 6 aromatic carbocycles. The van der Waals surface area contributed by atoms with Gasteiger partial charge in [0.1, 0.15) is 5.78 Å². The summed E-state index contributed by atoms with van der Waals surface area (Å²) >= 11 is 1.82. The van der Waals surface area contributed by atoms with Gasteiger partial charge in [-0.1, -0.05) is 182 Å². The molecule has 48 heavy (non-hydrogen) atoms. The number of benzene rings is 6. The van der Waals surface area contributed by atoms with E-state index in [2.05, 4.69) is 192 Å². The summed E-state index contributed by atoms with van der Waals surface area (Å²) < 4.78 is 0. The van der Waals surface area contributed by atoms with E-state index in [0.29, 0.717) is 0 Å². The first-order valence-corrected chi connectivity index (χ1v) is 20.4. The summed E-state index contributed by atoms with van der Waals surface area (Å²) in [6, 6.07) is 64.7. The summed E-state index contributed by atoms with van der Waals surface area (Å²) in [5.41, 5.74) is 0. The van der Waals surface area contributed by atoms with Gasteiger partial charge in [0.15, 0.2) is 0 Å². The quantitative estimate of drug-likeness (QED) is 0.118. The van der Waals surface area contributed by atoms with Crippen LogP contribution in [0, 0.1) is 31.6 Å². The van der Waals surface area contributed by atoms with Gasteiger partial charge in [-0.25, -0.2) is 0 Å². The Morgan fingerprint density at radius 2 is 0.583 bits per heavy atom. The molecule has 0 atom stereocenters. The van der Waals surface area contributed by atoms with E-state index < -0.39 is 15.8 Å². The molecule has 239 valence electrons. The summed E-state index contributed by atoms with van der Waals surface area (Å²) in [5, 5.41) is 8.39. The molecule has 1 fully saturated rings. The molecule has 0 amide bonds. The van der Waals surface area contributed by atoms with Crippen molar-refractivity contribution in [2.45, 2.75) is 6.92 Å². The van der Waals surface area contributed by atoms with E-state index in [1.54, 1.807) is 6.92 Å². The fraction of sp³-hybridized carbons (Fsp3) is 0.0233. The van der Waals surface area contributed by atoms with E-state index in [4.69, 9.17) is 0 Å². The molecule has 0 N–H and O–H groups in total. The molecule has 5 radical (unpaired) electrons. The molecular formula is C43H37ClOP2Ru+. The first kappa shape index (κ1) is 37.6. The monoisotopic (exact) mass is 768 g/mol. The van der Waals surface area contributed by atoms with Crippen LogP contribution in [0.15, 0.2) is 182 Å². The van der Waals surface area contributed by atoms with Gasteiger partial charge in [-0.2, -0.15) is 0 Å². The Labute approximate surface area is 304 Å². The summed E-state index contributed by atoms with van der Waals surface area (Å²) in [7, 11) is 3.68. The predicted octanol–water partition coefficient (Wildman–Crippen LogP) is 8.56. The Morgan fingerprint density at radius 3 is 0.729 bits per heavy atom. The van der Waals surface area contributed by atoms with E-state index >= 15 is 0 Å². The minimum absolute atomic E-state index is 0.134. The molecule has 0 aromatic heterocycles. The zero-order valence-corrected chi connectivity index (χ0v) is 30.9. The van der Waals surface area contributed by atoms with Crippen LogP contribution < -0.4 is 31.8 Å². The van der Waals surface area contributed by atoms with Gasteiger partial charge < -0.3 is 0 Å². The molecule has 0 unspecified atom stereocenters. The number of halogens is 1. The number of carbonyl (C=O) groups excluding carboxylic acids is 1. The van der Waals surface area contributed by atoms with Crippen molar-refractivity contribution in [2.75, 3.05) is 0 Å². The molecule has 0 spiro atoms. The summed E-state index contributed by atoms with van der Waals surface area (Å²) in [6.07, 6.45) is 7.33. The molecule has 1 saturated carbocycles. The third kappa shape index (κ3) is 11.7. The van der Waals surface area contributed by atoms with Crippen molar-refractivity contribution >= 4 is 63.1 Å². The van der Waals surface area contributed by atoms with Gasteiger partial charge >= 0.3 is 27.0 Å². The fourth-order valence-corrected chi connectivity index (χ4v) is 9.58. The van der Waals surface area contributed by atoms with E-state index in [9.17, 15) is 4.79 Å². The van der Waals surface area contributed by atoms with Crippen LogP contribution in [-0.2, 0) is 22.1 Å². The minimum atomic E-state index is -0.446. The molecule has 1 aliphatic rings.